The monoisotopic (exact) mass is 385 g/mol. The summed E-state index contributed by atoms with van der Waals surface area (Å²) in [5.41, 5.74) is 3.16. The lowest BCUT2D eigenvalue weighted by Crippen LogP contribution is -2.44. The number of urea groups is 1. The van der Waals surface area contributed by atoms with Crippen molar-refractivity contribution in [3.63, 3.8) is 0 Å². The van der Waals surface area contributed by atoms with Gasteiger partial charge < -0.3 is 15.1 Å². The molecule has 1 N–H and O–H groups in total. The van der Waals surface area contributed by atoms with E-state index in [0.29, 0.717) is 13.1 Å². The second-order valence-electron chi connectivity index (χ2n) is 7.70. The first kappa shape index (κ1) is 21.8. The number of benzene rings is 1. The van der Waals surface area contributed by atoms with E-state index < -0.39 is 0 Å². The third kappa shape index (κ3) is 4.66. The first-order valence-corrected chi connectivity index (χ1v) is 10.2. The number of para-hydroxylation sites is 1. The molecule has 2 rings (SSSR count). The number of aromatic nitrogens is 2. The third-order valence-electron chi connectivity index (χ3n) is 5.00. The lowest BCUT2D eigenvalue weighted by Gasteiger charge is -2.30. The fraction of sp³-hybridized carbons (Fsp3) is 0.545. The van der Waals surface area contributed by atoms with E-state index in [-0.39, 0.29) is 18.0 Å². The van der Waals surface area contributed by atoms with Crippen LogP contribution < -0.4 is 10.2 Å². The number of carbonyl (C=O) groups excluding carboxylic acids is 1. The molecule has 154 valence electrons. The molecule has 1 aromatic carbocycles. The van der Waals surface area contributed by atoms with Gasteiger partial charge in [-0.3, -0.25) is 0 Å². The molecule has 6 nitrogen and oxygen atoms in total. The minimum atomic E-state index is -0.0243. The van der Waals surface area contributed by atoms with Crippen LogP contribution in [0.5, 0.6) is 0 Å². The average molecular weight is 386 g/mol. The molecule has 2 aromatic rings. The summed E-state index contributed by atoms with van der Waals surface area (Å²) in [5, 5.41) is 7.92. The van der Waals surface area contributed by atoms with Crippen molar-refractivity contribution in [2.75, 3.05) is 25.5 Å². The van der Waals surface area contributed by atoms with Gasteiger partial charge in [-0.25, -0.2) is 9.48 Å². The largest absolute Gasteiger partial charge is 0.362 e. The maximum absolute atomic E-state index is 12.8. The topological polar surface area (TPSA) is 53.4 Å². The zero-order valence-corrected chi connectivity index (χ0v) is 18.4. The summed E-state index contributed by atoms with van der Waals surface area (Å²) in [6.45, 7) is 11.6. The Morgan fingerprint density at radius 1 is 1.14 bits per heavy atom. The minimum absolute atomic E-state index is 0.0243. The number of hydrogen-bond acceptors (Lipinski definition) is 3. The van der Waals surface area contributed by atoms with Gasteiger partial charge in [0, 0.05) is 32.2 Å². The molecule has 1 aromatic heterocycles. The lowest BCUT2D eigenvalue weighted by molar-refractivity contribution is 0.173. The molecule has 1 unspecified atom stereocenters. The highest BCUT2D eigenvalue weighted by Gasteiger charge is 2.27. The third-order valence-corrected chi connectivity index (χ3v) is 5.00. The molecule has 0 radical (unpaired) electrons. The quantitative estimate of drug-likeness (QED) is 0.733. The van der Waals surface area contributed by atoms with E-state index in [2.05, 4.69) is 50.0 Å². The average Bonchev–Trinajstić information content (AvgIpc) is 3.06. The van der Waals surface area contributed by atoms with E-state index >= 15 is 0 Å². The number of rotatable bonds is 8. The molecule has 0 aliphatic rings. The van der Waals surface area contributed by atoms with E-state index in [1.807, 2.05) is 48.8 Å². The molecule has 6 heteroatoms. The van der Waals surface area contributed by atoms with Crippen LogP contribution in [-0.4, -0.2) is 47.4 Å². The highest BCUT2D eigenvalue weighted by atomic mass is 16.2. The van der Waals surface area contributed by atoms with Gasteiger partial charge >= 0.3 is 6.03 Å². The van der Waals surface area contributed by atoms with Crippen molar-refractivity contribution in [3.05, 3.63) is 41.6 Å². The number of hydrogen-bond donors (Lipinski definition) is 1. The number of nitrogens with zero attached hydrogens (tertiary/aromatic N) is 4. The highest BCUT2D eigenvalue weighted by molar-refractivity contribution is 5.75. The van der Waals surface area contributed by atoms with Crippen molar-refractivity contribution in [1.29, 1.82) is 0 Å². The fourth-order valence-corrected chi connectivity index (χ4v) is 3.35. The predicted molar refractivity (Wildman–Crippen MR) is 116 cm³/mol. The number of anilines is 1. The van der Waals surface area contributed by atoms with Gasteiger partial charge in [0.05, 0.1) is 17.9 Å². The molecule has 0 saturated heterocycles. The zero-order valence-electron chi connectivity index (χ0n) is 18.4. The Kier molecular flexibility index (Phi) is 7.49. The van der Waals surface area contributed by atoms with Crippen LogP contribution in [0, 0.1) is 0 Å². The molecular weight excluding hydrogens is 350 g/mol. The van der Waals surface area contributed by atoms with Crippen LogP contribution in [0.1, 0.15) is 58.2 Å². The van der Waals surface area contributed by atoms with Gasteiger partial charge in [-0.1, -0.05) is 39.0 Å². The van der Waals surface area contributed by atoms with Gasteiger partial charge in [0.15, 0.2) is 0 Å². The molecule has 0 aliphatic carbocycles. The molecular formula is C22H35N5O. The molecule has 0 bridgehead atoms. The van der Waals surface area contributed by atoms with E-state index in [1.54, 1.807) is 0 Å². The van der Waals surface area contributed by atoms with E-state index in [1.165, 1.54) is 0 Å². The second kappa shape index (κ2) is 9.62. The van der Waals surface area contributed by atoms with Gasteiger partial charge in [-0.05, 0) is 38.3 Å². The second-order valence-corrected chi connectivity index (χ2v) is 7.70. The van der Waals surface area contributed by atoms with Crippen LogP contribution in [0.2, 0.25) is 0 Å². The zero-order chi connectivity index (χ0) is 20.8. The number of carbonyl (C=O) groups is 1. The Labute approximate surface area is 169 Å². The normalized spacial score (nSPS) is 12.1. The molecule has 1 atom stereocenters. The van der Waals surface area contributed by atoms with Crippen molar-refractivity contribution in [2.24, 2.45) is 0 Å². The van der Waals surface area contributed by atoms with Crippen LogP contribution >= 0.6 is 0 Å². The van der Waals surface area contributed by atoms with Crippen molar-refractivity contribution >= 4 is 11.8 Å². The van der Waals surface area contributed by atoms with Crippen molar-refractivity contribution in [3.8, 4) is 5.69 Å². The van der Waals surface area contributed by atoms with Gasteiger partial charge in [0.2, 0.25) is 0 Å². The molecule has 1 heterocycles. The molecule has 28 heavy (non-hydrogen) atoms. The number of nitrogens with one attached hydrogen (secondary N) is 1. The lowest BCUT2D eigenvalue weighted by atomic mass is 10.0. The number of amides is 2. The molecule has 0 spiro atoms. The fourth-order valence-electron chi connectivity index (χ4n) is 3.35. The summed E-state index contributed by atoms with van der Waals surface area (Å²) in [5.74, 6) is 1.28. The van der Waals surface area contributed by atoms with Crippen LogP contribution in [-0.2, 0) is 6.54 Å². The maximum Gasteiger partial charge on any atom is 0.317 e. The Hall–Kier alpha value is -2.50. The Morgan fingerprint density at radius 2 is 1.79 bits per heavy atom. The Bertz CT molecular complexity index is 767. The SMILES string of the molecule is CCNC(=O)N(Cc1c(C(C)C)nn(-c2ccccc2)c1N(C)C)C(C)CC. The summed E-state index contributed by atoms with van der Waals surface area (Å²) in [6, 6.07) is 10.3. The predicted octanol–water partition coefficient (Wildman–Crippen LogP) is 4.39. The molecule has 0 fully saturated rings. The standard InChI is InChI=1S/C22H35N5O/c1-8-17(5)26(22(28)23-9-2)15-19-20(16(3)4)24-27(21(19)25(6)7)18-13-11-10-12-14-18/h10-14,16-17H,8-9,15H2,1-7H3,(H,23,28). The van der Waals surface area contributed by atoms with Crippen LogP contribution in [0.25, 0.3) is 5.69 Å². The Morgan fingerprint density at radius 3 is 2.29 bits per heavy atom. The van der Waals surface area contributed by atoms with E-state index in [9.17, 15) is 4.79 Å². The Balaban J connectivity index is 2.60. The van der Waals surface area contributed by atoms with Crippen LogP contribution in [0.4, 0.5) is 10.6 Å². The van der Waals surface area contributed by atoms with Crippen LogP contribution in [0.3, 0.4) is 0 Å². The van der Waals surface area contributed by atoms with Gasteiger partial charge in [0.1, 0.15) is 5.82 Å². The maximum atomic E-state index is 12.8. The molecule has 2 amide bonds. The van der Waals surface area contributed by atoms with Gasteiger partial charge in [-0.15, -0.1) is 0 Å². The van der Waals surface area contributed by atoms with Gasteiger partial charge in [0.25, 0.3) is 0 Å². The summed E-state index contributed by atoms with van der Waals surface area (Å²) < 4.78 is 2.00. The van der Waals surface area contributed by atoms with Crippen molar-refractivity contribution < 1.29 is 4.79 Å². The summed E-state index contributed by atoms with van der Waals surface area (Å²) in [6.07, 6.45) is 0.901. The smallest absolute Gasteiger partial charge is 0.317 e. The van der Waals surface area contributed by atoms with Gasteiger partial charge in [-0.2, -0.15) is 5.10 Å². The minimum Gasteiger partial charge on any atom is -0.362 e. The first-order chi connectivity index (χ1) is 13.3. The molecule has 0 aliphatic heterocycles. The highest BCUT2D eigenvalue weighted by Crippen LogP contribution is 2.32. The van der Waals surface area contributed by atoms with E-state index in [4.69, 9.17) is 5.10 Å². The first-order valence-electron chi connectivity index (χ1n) is 10.2. The summed E-state index contributed by atoms with van der Waals surface area (Å²) in [4.78, 5) is 16.8. The molecule has 0 saturated carbocycles. The van der Waals surface area contributed by atoms with Crippen LogP contribution in [0.15, 0.2) is 30.3 Å². The van der Waals surface area contributed by atoms with Crippen molar-refractivity contribution in [2.45, 2.75) is 59.5 Å². The van der Waals surface area contributed by atoms with Crippen molar-refractivity contribution in [1.82, 2.24) is 20.0 Å². The summed E-state index contributed by atoms with van der Waals surface area (Å²) >= 11 is 0. The summed E-state index contributed by atoms with van der Waals surface area (Å²) in [7, 11) is 4.06. The van der Waals surface area contributed by atoms with E-state index in [0.717, 1.165) is 29.2 Å².